The van der Waals surface area contributed by atoms with Crippen molar-refractivity contribution < 1.29 is 4.74 Å². The lowest BCUT2D eigenvalue weighted by Gasteiger charge is -2.59. The van der Waals surface area contributed by atoms with Gasteiger partial charge in [0, 0.05) is 0 Å². The number of ether oxygens (including phenoxy) is 1. The molecule has 4 fully saturated rings. The lowest BCUT2D eigenvalue weighted by Crippen LogP contribution is -2.56. The highest BCUT2D eigenvalue weighted by molar-refractivity contribution is 5.07. The van der Waals surface area contributed by atoms with E-state index in [1.54, 1.807) is 0 Å². The van der Waals surface area contributed by atoms with Crippen molar-refractivity contribution in [3.8, 4) is 0 Å². The summed E-state index contributed by atoms with van der Waals surface area (Å²) in [4.78, 5) is 0. The normalized spacial score (nSPS) is 52.7. The molecule has 0 radical (unpaired) electrons. The Balaban J connectivity index is 1.87. The Hall–Kier alpha value is -0.460. The van der Waals surface area contributed by atoms with E-state index in [-0.39, 0.29) is 5.60 Å². The molecule has 0 spiro atoms. The topological polar surface area (TPSA) is 9.23 Å². The highest BCUT2D eigenvalue weighted by Crippen LogP contribution is 2.59. The summed E-state index contributed by atoms with van der Waals surface area (Å²) >= 11 is 0. The Morgan fingerprint density at radius 3 is 2.40 bits per heavy atom. The average molecular weight is 206 g/mol. The molecule has 0 amide bonds. The zero-order valence-corrected chi connectivity index (χ0v) is 9.91. The van der Waals surface area contributed by atoms with E-state index in [0.29, 0.717) is 0 Å². The van der Waals surface area contributed by atoms with Crippen molar-refractivity contribution in [1.29, 1.82) is 0 Å². The molecule has 1 heteroatoms. The molecule has 0 saturated heterocycles. The van der Waals surface area contributed by atoms with Gasteiger partial charge >= 0.3 is 0 Å². The van der Waals surface area contributed by atoms with Crippen molar-refractivity contribution in [2.45, 2.75) is 51.6 Å². The third-order valence-corrected chi connectivity index (χ3v) is 5.18. The first-order valence-corrected chi connectivity index (χ1v) is 6.52. The van der Waals surface area contributed by atoms with E-state index in [9.17, 15) is 0 Å². The lowest BCUT2D eigenvalue weighted by atomic mass is 9.50. The highest BCUT2D eigenvalue weighted by atomic mass is 16.5. The van der Waals surface area contributed by atoms with Gasteiger partial charge in [0.25, 0.3) is 0 Å². The first kappa shape index (κ1) is 9.74. The third kappa shape index (κ3) is 1.35. The van der Waals surface area contributed by atoms with Crippen LogP contribution in [0, 0.1) is 23.7 Å². The Morgan fingerprint density at radius 1 is 1.13 bits per heavy atom. The maximum atomic E-state index is 6.12. The molecule has 0 aromatic carbocycles. The molecule has 3 unspecified atom stereocenters. The third-order valence-electron chi connectivity index (χ3n) is 5.18. The summed E-state index contributed by atoms with van der Waals surface area (Å²) in [5.74, 6) is 3.69. The molecule has 3 atom stereocenters. The molecule has 1 nitrogen and oxygen atoms in total. The van der Waals surface area contributed by atoms with Gasteiger partial charge in [0.2, 0.25) is 0 Å². The van der Waals surface area contributed by atoms with Crippen molar-refractivity contribution in [1.82, 2.24) is 0 Å². The van der Waals surface area contributed by atoms with Crippen LogP contribution in [0.1, 0.15) is 46.0 Å². The summed E-state index contributed by atoms with van der Waals surface area (Å²) in [6, 6.07) is 0. The predicted octanol–water partition coefficient (Wildman–Crippen LogP) is 3.75. The maximum Gasteiger partial charge on any atom is 0.111 e. The van der Waals surface area contributed by atoms with Gasteiger partial charge in [-0.05, 0) is 62.7 Å². The highest BCUT2D eigenvalue weighted by Gasteiger charge is 2.56. The number of hydrogen-bond acceptors (Lipinski definition) is 1. The van der Waals surface area contributed by atoms with E-state index in [4.69, 9.17) is 4.74 Å². The van der Waals surface area contributed by atoms with Crippen LogP contribution in [0.2, 0.25) is 0 Å². The Labute approximate surface area is 92.9 Å². The monoisotopic (exact) mass is 206 g/mol. The smallest absolute Gasteiger partial charge is 0.111 e. The summed E-state index contributed by atoms with van der Waals surface area (Å²) in [5.41, 5.74) is 0.223. The van der Waals surface area contributed by atoms with Crippen LogP contribution >= 0.6 is 0 Å². The van der Waals surface area contributed by atoms with Gasteiger partial charge in [0.1, 0.15) is 5.60 Å². The number of allylic oxidation sites excluding steroid dienone is 1. The molecule has 4 bridgehead atoms. The average Bonchev–Trinajstić information content (AvgIpc) is 2.22. The first-order chi connectivity index (χ1) is 7.23. The molecule has 4 aliphatic rings. The number of rotatable bonds is 2. The van der Waals surface area contributed by atoms with Crippen LogP contribution in [0.4, 0.5) is 0 Å². The fourth-order valence-electron chi connectivity index (χ4n) is 4.63. The summed E-state index contributed by atoms with van der Waals surface area (Å²) < 4.78 is 6.12. The molecule has 15 heavy (non-hydrogen) atoms. The molecule has 84 valence electrons. The fraction of sp³-hybridized carbons (Fsp3) is 0.857. The summed E-state index contributed by atoms with van der Waals surface area (Å²) in [7, 11) is 0. The van der Waals surface area contributed by atoms with Gasteiger partial charge in [-0.3, -0.25) is 0 Å². The van der Waals surface area contributed by atoms with E-state index >= 15 is 0 Å². The minimum atomic E-state index is 0.223. The summed E-state index contributed by atoms with van der Waals surface area (Å²) in [6.07, 6.45) is 11.1. The van der Waals surface area contributed by atoms with E-state index in [0.717, 1.165) is 23.7 Å². The lowest BCUT2D eigenvalue weighted by molar-refractivity contribution is -0.169. The summed E-state index contributed by atoms with van der Waals surface area (Å²) in [5, 5.41) is 0. The van der Waals surface area contributed by atoms with Crippen molar-refractivity contribution in [2.75, 3.05) is 0 Å². The van der Waals surface area contributed by atoms with Gasteiger partial charge in [0.15, 0.2) is 0 Å². The van der Waals surface area contributed by atoms with Gasteiger partial charge in [0.05, 0.1) is 6.26 Å². The van der Waals surface area contributed by atoms with Crippen molar-refractivity contribution in [3.63, 3.8) is 0 Å². The second-order valence-electron chi connectivity index (χ2n) is 6.05. The summed E-state index contributed by atoms with van der Waals surface area (Å²) in [6.45, 7) is 4.47. The molecular weight excluding hydrogens is 184 g/mol. The van der Waals surface area contributed by atoms with Gasteiger partial charge < -0.3 is 4.74 Å². The van der Waals surface area contributed by atoms with Crippen LogP contribution in [-0.2, 0) is 4.74 Å². The van der Waals surface area contributed by atoms with E-state index in [1.807, 2.05) is 19.3 Å². The van der Waals surface area contributed by atoms with Gasteiger partial charge in [-0.1, -0.05) is 13.0 Å². The molecule has 0 heterocycles. The van der Waals surface area contributed by atoms with E-state index in [2.05, 4.69) is 6.92 Å². The van der Waals surface area contributed by atoms with Crippen LogP contribution < -0.4 is 0 Å². The zero-order chi connectivity index (χ0) is 10.5. The van der Waals surface area contributed by atoms with Crippen LogP contribution in [0.15, 0.2) is 12.3 Å². The van der Waals surface area contributed by atoms with Crippen molar-refractivity contribution in [2.24, 2.45) is 23.7 Å². The Bertz CT molecular complexity index is 267. The second kappa shape index (κ2) is 3.26. The maximum absolute atomic E-state index is 6.12. The van der Waals surface area contributed by atoms with Crippen LogP contribution in [0.25, 0.3) is 0 Å². The van der Waals surface area contributed by atoms with Crippen LogP contribution in [0.5, 0.6) is 0 Å². The Morgan fingerprint density at radius 2 is 1.80 bits per heavy atom. The standard InChI is InChI=1S/C14H22O/c1-3-4-15-14-8-11-5-12(9-14)7-13(6-11)10(14)2/h3-4,10-13H,5-9H2,1-2H3. The molecule has 4 aliphatic carbocycles. The molecular formula is C14H22O. The largest absolute Gasteiger partial charge is 0.495 e. The van der Waals surface area contributed by atoms with E-state index in [1.165, 1.54) is 32.1 Å². The van der Waals surface area contributed by atoms with E-state index < -0.39 is 0 Å². The minimum absolute atomic E-state index is 0.223. The molecule has 0 aliphatic heterocycles. The molecule has 4 saturated carbocycles. The SMILES string of the molecule is CC=COC12CC3CC(CC(C3)C1C)C2. The van der Waals surface area contributed by atoms with Crippen LogP contribution in [0.3, 0.4) is 0 Å². The van der Waals surface area contributed by atoms with Gasteiger partial charge in [-0.25, -0.2) is 0 Å². The minimum Gasteiger partial charge on any atom is -0.495 e. The second-order valence-corrected chi connectivity index (χ2v) is 6.05. The fourth-order valence-corrected chi connectivity index (χ4v) is 4.63. The Kier molecular flexibility index (Phi) is 2.12. The quantitative estimate of drug-likeness (QED) is 0.625. The van der Waals surface area contributed by atoms with Crippen molar-refractivity contribution in [3.05, 3.63) is 12.3 Å². The first-order valence-electron chi connectivity index (χ1n) is 6.52. The van der Waals surface area contributed by atoms with Crippen LogP contribution in [-0.4, -0.2) is 5.60 Å². The molecule has 0 N–H and O–H groups in total. The van der Waals surface area contributed by atoms with Gasteiger partial charge in [-0.2, -0.15) is 0 Å². The van der Waals surface area contributed by atoms with Gasteiger partial charge in [-0.15, -0.1) is 0 Å². The van der Waals surface area contributed by atoms with Crippen molar-refractivity contribution >= 4 is 0 Å². The predicted molar refractivity (Wildman–Crippen MR) is 61.3 cm³/mol. The molecule has 4 rings (SSSR count). The zero-order valence-electron chi connectivity index (χ0n) is 9.91. The molecule has 0 aromatic rings. The number of hydrogen-bond donors (Lipinski definition) is 0. The molecule has 0 aromatic heterocycles.